The standard InChI is InChI=1S/C17H18ClN3O3/c1-10-7-12(11(2)24-10)9-20-16(22)14-8-13(3-4-15(14)18)21-6-5-19-17(21)23/h3-4,7-8H,5-6,9H2,1-2H3,(H,19,23)(H,20,22). The maximum absolute atomic E-state index is 12.5. The van der Waals surface area contributed by atoms with E-state index in [4.69, 9.17) is 16.0 Å². The summed E-state index contributed by atoms with van der Waals surface area (Å²) in [7, 11) is 0. The predicted molar refractivity (Wildman–Crippen MR) is 91.5 cm³/mol. The number of furan rings is 1. The first-order chi connectivity index (χ1) is 11.5. The van der Waals surface area contributed by atoms with Crippen LogP contribution in [0.5, 0.6) is 0 Å². The molecule has 0 saturated carbocycles. The van der Waals surface area contributed by atoms with Crippen molar-refractivity contribution in [2.45, 2.75) is 20.4 Å². The Kier molecular flexibility index (Phi) is 4.49. The molecular weight excluding hydrogens is 330 g/mol. The van der Waals surface area contributed by atoms with Gasteiger partial charge in [-0.15, -0.1) is 0 Å². The van der Waals surface area contributed by atoms with Crippen LogP contribution in [0.1, 0.15) is 27.4 Å². The van der Waals surface area contributed by atoms with Crippen molar-refractivity contribution >= 4 is 29.2 Å². The van der Waals surface area contributed by atoms with Gasteiger partial charge in [0.2, 0.25) is 0 Å². The zero-order valence-electron chi connectivity index (χ0n) is 13.5. The third-order valence-corrected chi connectivity index (χ3v) is 4.28. The summed E-state index contributed by atoms with van der Waals surface area (Å²) >= 11 is 6.15. The molecule has 1 fully saturated rings. The van der Waals surface area contributed by atoms with Crippen LogP contribution in [0, 0.1) is 13.8 Å². The molecule has 3 rings (SSSR count). The van der Waals surface area contributed by atoms with Crippen LogP contribution >= 0.6 is 11.6 Å². The Morgan fingerprint density at radius 2 is 2.17 bits per heavy atom. The number of hydrogen-bond donors (Lipinski definition) is 2. The number of carbonyl (C=O) groups excluding carboxylic acids is 2. The zero-order valence-corrected chi connectivity index (χ0v) is 14.2. The maximum atomic E-state index is 12.5. The van der Waals surface area contributed by atoms with E-state index in [1.54, 1.807) is 23.1 Å². The Morgan fingerprint density at radius 1 is 1.38 bits per heavy atom. The first-order valence-electron chi connectivity index (χ1n) is 7.64. The van der Waals surface area contributed by atoms with Gasteiger partial charge < -0.3 is 15.1 Å². The van der Waals surface area contributed by atoms with Crippen LogP contribution in [0.2, 0.25) is 5.02 Å². The van der Waals surface area contributed by atoms with E-state index < -0.39 is 0 Å². The van der Waals surface area contributed by atoms with Crippen molar-refractivity contribution in [3.63, 3.8) is 0 Å². The summed E-state index contributed by atoms with van der Waals surface area (Å²) in [4.78, 5) is 25.8. The fourth-order valence-corrected chi connectivity index (χ4v) is 2.91. The molecule has 0 unspecified atom stereocenters. The second-order valence-electron chi connectivity index (χ2n) is 5.67. The molecule has 6 nitrogen and oxygen atoms in total. The Morgan fingerprint density at radius 3 is 2.79 bits per heavy atom. The van der Waals surface area contributed by atoms with Gasteiger partial charge in [0.25, 0.3) is 5.91 Å². The van der Waals surface area contributed by atoms with E-state index in [0.717, 1.165) is 17.1 Å². The van der Waals surface area contributed by atoms with Crippen LogP contribution in [-0.4, -0.2) is 25.0 Å². The molecule has 1 aliphatic rings. The van der Waals surface area contributed by atoms with E-state index in [0.29, 0.717) is 35.9 Å². The number of rotatable bonds is 4. The summed E-state index contributed by atoms with van der Waals surface area (Å²) in [6.07, 6.45) is 0. The summed E-state index contributed by atoms with van der Waals surface area (Å²) in [5, 5.41) is 5.91. The highest BCUT2D eigenvalue weighted by molar-refractivity contribution is 6.34. The lowest BCUT2D eigenvalue weighted by Gasteiger charge is -2.16. The third kappa shape index (κ3) is 3.23. The van der Waals surface area contributed by atoms with Gasteiger partial charge in [0.05, 0.1) is 10.6 Å². The van der Waals surface area contributed by atoms with Gasteiger partial charge in [-0.25, -0.2) is 4.79 Å². The average Bonchev–Trinajstić information content (AvgIpc) is 3.10. The molecule has 2 heterocycles. The topological polar surface area (TPSA) is 74.6 Å². The number of hydrogen-bond acceptors (Lipinski definition) is 3. The molecule has 1 aliphatic heterocycles. The lowest BCUT2D eigenvalue weighted by atomic mass is 10.1. The molecule has 0 aliphatic carbocycles. The number of amides is 3. The van der Waals surface area contributed by atoms with Gasteiger partial charge in [-0.1, -0.05) is 11.6 Å². The normalized spacial score (nSPS) is 14.0. The Hall–Kier alpha value is -2.47. The highest BCUT2D eigenvalue weighted by atomic mass is 35.5. The van der Waals surface area contributed by atoms with Crippen molar-refractivity contribution in [2.24, 2.45) is 0 Å². The zero-order chi connectivity index (χ0) is 17.3. The molecule has 7 heteroatoms. The van der Waals surface area contributed by atoms with Gasteiger partial charge in [0.1, 0.15) is 11.5 Å². The van der Waals surface area contributed by atoms with Crippen LogP contribution in [0.25, 0.3) is 0 Å². The molecule has 0 bridgehead atoms. The van der Waals surface area contributed by atoms with E-state index in [-0.39, 0.29) is 11.9 Å². The number of urea groups is 1. The average molecular weight is 348 g/mol. The third-order valence-electron chi connectivity index (χ3n) is 3.95. The smallest absolute Gasteiger partial charge is 0.321 e. The number of halogens is 1. The molecular formula is C17H18ClN3O3. The monoisotopic (exact) mass is 347 g/mol. The van der Waals surface area contributed by atoms with Gasteiger partial charge in [-0.3, -0.25) is 9.69 Å². The first-order valence-corrected chi connectivity index (χ1v) is 8.02. The van der Waals surface area contributed by atoms with E-state index in [9.17, 15) is 9.59 Å². The van der Waals surface area contributed by atoms with Crippen molar-refractivity contribution in [1.82, 2.24) is 10.6 Å². The molecule has 2 N–H and O–H groups in total. The number of anilines is 1. The summed E-state index contributed by atoms with van der Waals surface area (Å²) in [5.41, 5.74) is 1.91. The molecule has 1 saturated heterocycles. The van der Waals surface area contributed by atoms with Crippen LogP contribution in [-0.2, 0) is 6.54 Å². The molecule has 3 amide bonds. The second kappa shape index (κ2) is 6.57. The second-order valence-corrected chi connectivity index (χ2v) is 6.08. The SMILES string of the molecule is Cc1cc(CNC(=O)c2cc(N3CCNC3=O)ccc2Cl)c(C)o1. The van der Waals surface area contributed by atoms with E-state index in [1.807, 2.05) is 19.9 Å². The van der Waals surface area contributed by atoms with Gasteiger partial charge in [-0.05, 0) is 38.1 Å². The predicted octanol–water partition coefficient (Wildman–Crippen LogP) is 3.01. The molecule has 2 aromatic rings. The number of nitrogens with zero attached hydrogens (tertiary/aromatic N) is 1. The fourth-order valence-electron chi connectivity index (χ4n) is 2.70. The number of aryl methyl sites for hydroxylation is 2. The lowest BCUT2D eigenvalue weighted by molar-refractivity contribution is 0.0951. The summed E-state index contributed by atoms with van der Waals surface area (Å²) < 4.78 is 5.45. The minimum atomic E-state index is -0.292. The maximum Gasteiger partial charge on any atom is 0.321 e. The molecule has 0 atom stereocenters. The molecule has 0 spiro atoms. The molecule has 24 heavy (non-hydrogen) atoms. The van der Waals surface area contributed by atoms with Crippen molar-refractivity contribution in [3.05, 3.63) is 51.9 Å². The molecule has 0 radical (unpaired) electrons. The highest BCUT2D eigenvalue weighted by Gasteiger charge is 2.23. The number of carbonyl (C=O) groups is 2. The molecule has 1 aromatic heterocycles. The molecule has 1 aromatic carbocycles. The van der Waals surface area contributed by atoms with Gasteiger partial charge in [0, 0.05) is 30.9 Å². The lowest BCUT2D eigenvalue weighted by Crippen LogP contribution is -2.28. The summed E-state index contributed by atoms with van der Waals surface area (Å²) in [6, 6.07) is 6.71. The van der Waals surface area contributed by atoms with Crippen molar-refractivity contribution in [1.29, 1.82) is 0 Å². The van der Waals surface area contributed by atoms with Crippen LogP contribution < -0.4 is 15.5 Å². The van der Waals surface area contributed by atoms with Crippen molar-refractivity contribution in [2.75, 3.05) is 18.0 Å². The number of benzene rings is 1. The van der Waals surface area contributed by atoms with Gasteiger partial charge in [0.15, 0.2) is 0 Å². The Balaban J connectivity index is 1.76. The summed E-state index contributed by atoms with van der Waals surface area (Å²) in [5.74, 6) is 1.29. The van der Waals surface area contributed by atoms with Crippen LogP contribution in [0.4, 0.5) is 10.5 Å². The molecule has 126 valence electrons. The number of nitrogens with one attached hydrogen (secondary N) is 2. The van der Waals surface area contributed by atoms with Gasteiger partial charge >= 0.3 is 6.03 Å². The minimum Gasteiger partial charge on any atom is -0.466 e. The quantitative estimate of drug-likeness (QED) is 0.892. The fraction of sp³-hybridized carbons (Fsp3) is 0.294. The van der Waals surface area contributed by atoms with Crippen molar-refractivity contribution in [3.8, 4) is 0 Å². The van der Waals surface area contributed by atoms with Gasteiger partial charge in [-0.2, -0.15) is 0 Å². The van der Waals surface area contributed by atoms with E-state index in [1.165, 1.54) is 0 Å². The van der Waals surface area contributed by atoms with Crippen molar-refractivity contribution < 1.29 is 14.0 Å². The highest BCUT2D eigenvalue weighted by Crippen LogP contribution is 2.24. The Labute approximate surface area is 144 Å². The minimum absolute atomic E-state index is 0.173. The summed E-state index contributed by atoms with van der Waals surface area (Å²) in [6.45, 7) is 5.22. The first kappa shape index (κ1) is 16.4. The van der Waals surface area contributed by atoms with E-state index >= 15 is 0 Å². The van der Waals surface area contributed by atoms with Crippen LogP contribution in [0.15, 0.2) is 28.7 Å². The van der Waals surface area contributed by atoms with E-state index in [2.05, 4.69) is 10.6 Å². The Bertz CT molecular complexity index is 800. The van der Waals surface area contributed by atoms with Crippen LogP contribution in [0.3, 0.4) is 0 Å². The largest absolute Gasteiger partial charge is 0.466 e.